The topological polar surface area (TPSA) is 75.8 Å². The van der Waals surface area contributed by atoms with Crippen molar-refractivity contribution in [3.8, 4) is 17.2 Å². The maximum Gasteiger partial charge on any atom is 0.277 e. The maximum absolute atomic E-state index is 12.1. The molecule has 6 heteroatoms. The summed E-state index contributed by atoms with van der Waals surface area (Å²) in [5.74, 6) is 0.509. The second kappa shape index (κ2) is 8.31. The Hall–Kier alpha value is -4.06. The minimum Gasteiger partial charge on any atom is -0.508 e. The highest BCUT2D eigenvalue weighted by Gasteiger charge is 2.05. The zero-order valence-corrected chi connectivity index (χ0v) is 15.5. The Balaban J connectivity index is 1.37. The number of ether oxygens (including phenoxy) is 1. The first-order valence-corrected chi connectivity index (χ1v) is 9.10. The van der Waals surface area contributed by atoms with Crippen molar-refractivity contribution < 1.29 is 14.6 Å². The summed E-state index contributed by atoms with van der Waals surface area (Å²) >= 11 is 0. The van der Waals surface area contributed by atoms with E-state index in [1.807, 2.05) is 65.4 Å². The fraction of sp³-hybridized carbons (Fsp3) is 0.0435. The van der Waals surface area contributed by atoms with Gasteiger partial charge in [-0.1, -0.05) is 36.4 Å². The zero-order valence-electron chi connectivity index (χ0n) is 15.5. The van der Waals surface area contributed by atoms with Crippen molar-refractivity contribution in [2.75, 3.05) is 6.61 Å². The van der Waals surface area contributed by atoms with Crippen LogP contribution in [0.1, 0.15) is 5.69 Å². The first-order chi connectivity index (χ1) is 14.2. The summed E-state index contributed by atoms with van der Waals surface area (Å²) in [6.45, 7) is -0.135. The van der Waals surface area contributed by atoms with E-state index >= 15 is 0 Å². The molecule has 0 fully saturated rings. The normalized spacial score (nSPS) is 11.0. The molecule has 1 amide bonds. The van der Waals surface area contributed by atoms with Crippen LogP contribution in [0.2, 0.25) is 0 Å². The monoisotopic (exact) mass is 385 g/mol. The van der Waals surface area contributed by atoms with Crippen LogP contribution < -0.4 is 10.2 Å². The van der Waals surface area contributed by atoms with Gasteiger partial charge >= 0.3 is 0 Å². The molecule has 0 radical (unpaired) electrons. The van der Waals surface area contributed by atoms with Crippen LogP contribution in [0, 0.1) is 0 Å². The van der Waals surface area contributed by atoms with E-state index in [1.54, 1.807) is 30.5 Å². The average Bonchev–Trinajstić information content (AvgIpc) is 3.21. The van der Waals surface area contributed by atoms with Crippen LogP contribution in [0.3, 0.4) is 0 Å². The van der Waals surface area contributed by atoms with Crippen molar-refractivity contribution in [1.29, 1.82) is 0 Å². The van der Waals surface area contributed by atoms with Crippen LogP contribution in [-0.2, 0) is 4.79 Å². The van der Waals surface area contributed by atoms with Crippen LogP contribution >= 0.6 is 0 Å². The predicted molar refractivity (Wildman–Crippen MR) is 113 cm³/mol. The SMILES string of the molecule is O=C(COc1cccc2ccccc12)N/N=C/c1cccn1-c1ccc(O)cc1. The van der Waals surface area contributed by atoms with E-state index in [4.69, 9.17) is 4.74 Å². The summed E-state index contributed by atoms with van der Waals surface area (Å²) in [6.07, 6.45) is 3.43. The van der Waals surface area contributed by atoms with Crippen LogP contribution in [0.15, 0.2) is 90.2 Å². The number of hydrazone groups is 1. The van der Waals surface area contributed by atoms with Crippen LogP contribution in [0.4, 0.5) is 0 Å². The molecule has 0 atom stereocenters. The Bertz CT molecular complexity index is 1160. The molecule has 3 aromatic carbocycles. The predicted octanol–water partition coefficient (Wildman–Crippen LogP) is 3.87. The molecule has 144 valence electrons. The molecule has 0 unspecified atom stereocenters. The van der Waals surface area contributed by atoms with E-state index in [0.717, 1.165) is 22.2 Å². The highest BCUT2D eigenvalue weighted by Crippen LogP contribution is 2.24. The lowest BCUT2D eigenvalue weighted by Gasteiger charge is -2.08. The van der Waals surface area contributed by atoms with Crippen molar-refractivity contribution in [1.82, 2.24) is 9.99 Å². The Kier molecular flexibility index (Phi) is 5.25. The van der Waals surface area contributed by atoms with E-state index in [-0.39, 0.29) is 18.3 Å². The summed E-state index contributed by atoms with van der Waals surface area (Å²) in [6, 6.07) is 24.1. The van der Waals surface area contributed by atoms with Crippen molar-refractivity contribution in [3.05, 3.63) is 90.8 Å². The van der Waals surface area contributed by atoms with Crippen molar-refractivity contribution >= 4 is 22.9 Å². The lowest BCUT2D eigenvalue weighted by atomic mass is 10.1. The van der Waals surface area contributed by atoms with Gasteiger partial charge in [0.15, 0.2) is 6.61 Å². The summed E-state index contributed by atoms with van der Waals surface area (Å²) in [5.41, 5.74) is 4.14. The first-order valence-electron chi connectivity index (χ1n) is 9.10. The van der Waals surface area contributed by atoms with Gasteiger partial charge in [-0.25, -0.2) is 5.43 Å². The number of phenolic OH excluding ortho intramolecular Hbond substituents is 1. The van der Waals surface area contributed by atoms with E-state index in [9.17, 15) is 9.90 Å². The Morgan fingerprint density at radius 3 is 2.66 bits per heavy atom. The number of aromatic hydroxyl groups is 1. The van der Waals surface area contributed by atoms with E-state index in [2.05, 4.69) is 10.5 Å². The van der Waals surface area contributed by atoms with Gasteiger partial charge in [0.2, 0.25) is 0 Å². The second-order valence-electron chi connectivity index (χ2n) is 6.38. The Labute approximate surface area is 167 Å². The molecule has 0 spiro atoms. The fourth-order valence-electron chi connectivity index (χ4n) is 3.02. The number of fused-ring (bicyclic) bond motifs is 1. The van der Waals surface area contributed by atoms with Gasteiger partial charge in [-0.15, -0.1) is 0 Å². The van der Waals surface area contributed by atoms with E-state index in [1.165, 1.54) is 0 Å². The number of nitrogens with one attached hydrogen (secondary N) is 1. The number of amides is 1. The van der Waals surface area contributed by atoms with Gasteiger partial charge in [0.05, 0.1) is 11.9 Å². The summed E-state index contributed by atoms with van der Waals surface area (Å²) in [5, 5.41) is 15.5. The number of nitrogens with zero attached hydrogens (tertiary/aromatic N) is 2. The molecule has 4 aromatic rings. The third-order valence-corrected chi connectivity index (χ3v) is 4.40. The molecule has 6 nitrogen and oxygen atoms in total. The molecular formula is C23H19N3O3. The van der Waals surface area contributed by atoms with Crippen LogP contribution in [0.25, 0.3) is 16.5 Å². The zero-order chi connectivity index (χ0) is 20.1. The highest BCUT2D eigenvalue weighted by molar-refractivity contribution is 5.89. The lowest BCUT2D eigenvalue weighted by Crippen LogP contribution is -2.24. The summed E-state index contributed by atoms with van der Waals surface area (Å²) in [7, 11) is 0. The summed E-state index contributed by atoms with van der Waals surface area (Å²) in [4.78, 5) is 12.1. The fourth-order valence-corrected chi connectivity index (χ4v) is 3.02. The number of aromatic nitrogens is 1. The molecule has 0 bridgehead atoms. The third-order valence-electron chi connectivity index (χ3n) is 4.40. The number of carbonyl (C=O) groups is 1. The standard InChI is InChI=1S/C23H19N3O3/c27-20-12-10-18(11-13-20)26-14-4-7-19(26)15-24-25-23(28)16-29-22-9-3-6-17-5-1-2-8-21(17)22/h1-15,27H,16H2,(H,25,28)/b24-15+. The number of hydrogen-bond acceptors (Lipinski definition) is 4. The minimum atomic E-state index is -0.350. The molecule has 0 saturated heterocycles. The minimum absolute atomic E-state index is 0.135. The van der Waals surface area contributed by atoms with Crippen LogP contribution in [-0.4, -0.2) is 28.4 Å². The van der Waals surface area contributed by atoms with Crippen LogP contribution in [0.5, 0.6) is 11.5 Å². The molecule has 4 rings (SSSR count). The van der Waals surface area contributed by atoms with Crippen molar-refractivity contribution in [2.24, 2.45) is 5.10 Å². The van der Waals surface area contributed by atoms with Gasteiger partial charge in [0, 0.05) is 17.3 Å². The average molecular weight is 385 g/mol. The lowest BCUT2D eigenvalue weighted by molar-refractivity contribution is -0.123. The van der Waals surface area contributed by atoms with Gasteiger partial charge in [0.1, 0.15) is 11.5 Å². The summed E-state index contributed by atoms with van der Waals surface area (Å²) < 4.78 is 7.55. The van der Waals surface area contributed by atoms with Gasteiger partial charge in [-0.2, -0.15) is 5.10 Å². The smallest absolute Gasteiger partial charge is 0.277 e. The molecule has 0 aliphatic carbocycles. The Morgan fingerprint density at radius 2 is 1.79 bits per heavy atom. The highest BCUT2D eigenvalue weighted by atomic mass is 16.5. The number of hydrogen-bond donors (Lipinski definition) is 2. The largest absolute Gasteiger partial charge is 0.508 e. The first kappa shape index (κ1) is 18.3. The van der Waals surface area contributed by atoms with Crippen molar-refractivity contribution in [2.45, 2.75) is 0 Å². The molecule has 2 N–H and O–H groups in total. The number of phenols is 1. The number of benzene rings is 3. The molecule has 0 aliphatic heterocycles. The van der Waals surface area contributed by atoms with Gasteiger partial charge < -0.3 is 14.4 Å². The van der Waals surface area contributed by atoms with Gasteiger partial charge in [0.25, 0.3) is 5.91 Å². The molecular weight excluding hydrogens is 366 g/mol. The maximum atomic E-state index is 12.1. The molecule has 0 saturated carbocycles. The number of rotatable bonds is 6. The van der Waals surface area contributed by atoms with E-state index < -0.39 is 0 Å². The van der Waals surface area contributed by atoms with Crippen molar-refractivity contribution in [3.63, 3.8) is 0 Å². The molecule has 1 heterocycles. The van der Waals surface area contributed by atoms with Gasteiger partial charge in [-0.3, -0.25) is 4.79 Å². The Morgan fingerprint density at radius 1 is 1.00 bits per heavy atom. The molecule has 29 heavy (non-hydrogen) atoms. The van der Waals surface area contributed by atoms with Gasteiger partial charge in [-0.05, 0) is 47.9 Å². The number of carbonyl (C=O) groups excluding carboxylic acids is 1. The molecule has 1 aromatic heterocycles. The quantitative estimate of drug-likeness (QED) is 0.391. The third kappa shape index (κ3) is 4.27. The second-order valence-corrected chi connectivity index (χ2v) is 6.38. The molecule has 0 aliphatic rings. The van der Waals surface area contributed by atoms with E-state index in [0.29, 0.717) is 5.75 Å².